The number of hydrogen-bond acceptors (Lipinski definition) is 3. The Morgan fingerprint density at radius 2 is 2.30 bits per heavy atom. The summed E-state index contributed by atoms with van der Waals surface area (Å²) in [5.74, 6) is 0. The summed E-state index contributed by atoms with van der Waals surface area (Å²) in [6, 6.07) is 1.46. The highest BCUT2D eigenvalue weighted by Gasteiger charge is 2.20. The van der Waals surface area contributed by atoms with Crippen molar-refractivity contribution in [3.8, 4) is 0 Å². The summed E-state index contributed by atoms with van der Waals surface area (Å²) in [5.41, 5.74) is 0. The lowest BCUT2D eigenvalue weighted by molar-refractivity contribution is 0.313. The molecule has 0 aromatic heterocycles. The van der Waals surface area contributed by atoms with E-state index in [0.29, 0.717) is 24.7 Å². The van der Waals surface area contributed by atoms with Crippen molar-refractivity contribution in [2.24, 2.45) is 4.99 Å². The molecule has 0 saturated carbocycles. The summed E-state index contributed by atoms with van der Waals surface area (Å²) < 4.78 is 5.18. The van der Waals surface area contributed by atoms with E-state index >= 15 is 0 Å². The van der Waals surface area contributed by atoms with Gasteiger partial charge in [0.25, 0.3) is 6.02 Å². The maximum absolute atomic E-state index is 5.18. The quantitative estimate of drug-likeness (QED) is 0.586. The zero-order valence-electron chi connectivity index (χ0n) is 6.72. The molecule has 2 unspecified atom stereocenters. The van der Waals surface area contributed by atoms with Crippen LogP contribution in [-0.2, 0) is 4.74 Å². The molecular weight excluding hydrogens is 128 g/mol. The lowest BCUT2D eigenvalue weighted by atomic mass is 10.2. The van der Waals surface area contributed by atoms with Crippen LogP contribution >= 0.6 is 0 Å². The van der Waals surface area contributed by atoms with Gasteiger partial charge in [0, 0.05) is 6.04 Å². The van der Waals surface area contributed by atoms with E-state index in [1.807, 2.05) is 6.92 Å². The molecule has 10 heavy (non-hydrogen) atoms. The summed E-state index contributed by atoms with van der Waals surface area (Å²) in [5, 5.41) is 3.13. The third kappa shape index (κ3) is 1.40. The fourth-order valence-electron chi connectivity index (χ4n) is 0.865. The van der Waals surface area contributed by atoms with Crippen LogP contribution in [0, 0.1) is 0 Å². The summed E-state index contributed by atoms with van der Waals surface area (Å²) in [4.78, 5) is 4.24. The Morgan fingerprint density at radius 1 is 1.60 bits per heavy atom. The molecule has 0 fully saturated rings. The molecule has 0 aliphatic carbocycles. The Kier molecular flexibility index (Phi) is 2.14. The largest absolute Gasteiger partial charge is 0.466 e. The average Bonchev–Trinajstić information content (AvgIpc) is 2.14. The maximum Gasteiger partial charge on any atom is 0.285 e. The fourth-order valence-corrected chi connectivity index (χ4v) is 0.865. The SMILES string of the molecule is CCOC1=NC(C)C(C)N1. The first-order valence-corrected chi connectivity index (χ1v) is 3.71. The summed E-state index contributed by atoms with van der Waals surface area (Å²) in [7, 11) is 0. The molecule has 0 saturated heterocycles. The van der Waals surface area contributed by atoms with Gasteiger partial charge in [-0.05, 0) is 20.8 Å². The maximum atomic E-state index is 5.18. The molecule has 0 aromatic rings. The number of ether oxygens (including phenoxy) is 1. The predicted octanol–water partition coefficient (Wildman–Crippen LogP) is 0.759. The average molecular weight is 142 g/mol. The van der Waals surface area contributed by atoms with Gasteiger partial charge in [0.1, 0.15) is 0 Å². The minimum Gasteiger partial charge on any atom is -0.466 e. The zero-order chi connectivity index (χ0) is 7.56. The monoisotopic (exact) mass is 142 g/mol. The molecule has 58 valence electrons. The first kappa shape index (κ1) is 7.38. The Labute approximate surface area is 61.5 Å². The van der Waals surface area contributed by atoms with E-state index in [4.69, 9.17) is 4.74 Å². The summed E-state index contributed by atoms with van der Waals surface area (Å²) >= 11 is 0. The molecule has 3 heteroatoms. The van der Waals surface area contributed by atoms with Crippen molar-refractivity contribution in [1.29, 1.82) is 0 Å². The van der Waals surface area contributed by atoms with Crippen LogP contribution in [0.4, 0.5) is 0 Å². The second-order valence-electron chi connectivity index (χ2n) is 2.54. The molecule has 3 nitrogen and oxygen atoms in total. The number of nitrogens with one attached hydrogen (secondary N) is 1. The molecule has 1 aliphatic rings. The van der Waals surface area contributed by atoms with Crippen molar-refractivity contribution in [1.82, 2.24) is 5.32 Å². The van der Waals surface area contributed by atoms with Crippen molar-refractivity contribution < 1.29 is 4.74 Å². The molecule has 1 aliphatic heterocycles. The van der Waals surface area contributed by atoms with E-state index in [0.717, 1.165) is 0 Å². The molecule has 1 heterocycles. The third-order valence-electron chi connectivity index (χ3n) is 1.68. The number of aliphatic imine (C=N–C) groups is 1. The Balaban J connectivity index is 2.42. The van der Waals surface area contributed by atoms with E-state index in [-0.39, 0.29) is 0 Å². The Hall–Kier alpha value is -0.730. The highest BCUT2D eigenvalue weighted by atomic mass is 16.5. The highest BCUT2D eigenvalue weighted by Crippen LogP contribution is 2.05. The highest BCUT2D eigenvalue weighted by molar-refractivity contribution is 5.76. The van der Waals surface area contributed by atoms with Gasteiger partial charge in [0.2, 0.25) is 0 Å². The predicted molar refractivity (Wildman–Crippen MR) is 41.1 cm³/mol. The van der Waals surface area contributed by atoms with E-state index in [1.165, 1.54) is 0 Å². The second kappa shape index (κ2) is 2.90. The lowest BCUT2D eigenvalue weighted by Crippen LogP contribution is -2.31. The zero-order valence-corrected chi connectivity index (χ0v) is 6.72. The van der Waals surface area contributed by atoms with E-state index in [9.17, 15) is 0 Å². The first-order valence-electron chi connectivity index (χ1n) is 3.71. The fraction of sp³-hybridized carbons (Fsp3) is 0.857. The summed E-state index contributed by atoms with van der Waals surface area (Å²) in [6.07, 6.45) is 0. The van der Waals surface area contributed by atoms with Crippen LogP contribution in [0.3, 0.4) is 0 Å². The lowest BCUT2D eigenvalue weighted by Gasteiger charge is -2.07. The number of hydrogen-bond donors (Lipinski definition) is 1. The smallest absolute Gasteiger partial charge is 0.285 e. The second-order valence-corrected chi connectivity index (χ2v) is 2.54. The van der Waals surface area contributed by atoms with Gasteiger partial charge in [0.15, 0.2) is 0 Å². The molecule has 0 bridgehead atoms. The van der Waals surface area contributed by atoms with E-state index in [2.05, 4.69) is 24.2 Å². The molecule has 0 aromatic carbocycles. The number of nitrogens with zero attached hydrogens (tertiary/aromatic N) is 1. The third-order valence-corrected chi connectivity index (χ3v) is 1.68. The van der Waals surface area contributed by atoms with Gasteiger partial charge in [-0.2, -0.15) is 0 Å². The van der Waals surface area contributed by atoms with Crippen LogP contribution in [0.1, 0.15) is 20.8 Å². The van der Waals surface area contributed by atoms with Gasteiger partial charge in [-0.15, -0.1) is 0 Å². The molecule has 0 spiro atoms. The van der Waals surface area contributed by atoms with Gasteiger partial charge in [-0.25, -0.2) is 4.99 Å². The van der Waals surface area contributed by atoms with Gasteiger partial charge >= 0.3 is 0 Å². The van der Waals surface area contributed by atoms with Crippen LogP contribution in [-0.4, -0.2) is 24.7 Å². The first-order chi connectivity index (χ1) is 4.74. The number of rotatable bonds is 1. The van der Waals surface area contributed by atoms with Crippen LogP contribution in [0.25, 0.3) is 0 Å². The van der Waals surface area contributed by atoms with E-state index in [1.54, 1.807) is 0 Å². The standard InChI is InChI=1S/C7H14N2O/c1-4-10-7-8-5(2)6(3)9-7/h5-6H,4H2,1-3H3,(H,8,9). The van der Waals surface area contributed by atoms with Crippen molar-refractivity contribution >= 4 is 6.02 Å². The van der Waals surface area contributed by atoms with E-state index < -0.39 is 0 Å². The van der Waals surface area contributed by atoms with Crippen LogP contribution in [0.15, 0.2) is 4.99 Å². The topological polar surface area (TPSA) is 33.6 Å². The normalized spacial score (nSPS) is 31.3. The Bertz CT molecular complexity index is 145. The summed E-state index contributed by atoms with van der Waals surface area (Å²) in [6.45, 7) is 6.81. The minimum atomic E-state index is 0.349. The van der Waals surface area contributed by atoms with Crippen molar-refractivity contribution in [2.45, 2.75) is 32.9 Å². The molecule has 2 atom stereocenters. The van der Waals surface area contributed by atoms with Crippen molar-refractivity contribution in [3.05, 3.63) is 0 Å². The molecule has 0 amide bonds. The Morgan fingerprint density at radius 3 is 2.70 bits per heavy atom. The van der Waals surface area contributed by atoms with Crippen molar-refractivity contribution in [3.63, 3.8) is 0 Å². The number of amidine groups is 1. The molecule has 0 radical (unpaired) electrons. The molecular formula is C7H14N2O. The van der Waals surface area contributed by atoms with Crippen molar-refractivity contribution in [2.75, 3.05) is 6.61 Å². The minimum absolute atomic E-state index is 0.349. The van der Waals surface area contributed by atoms with Crippen LogP contribution in [0.5, 0.6) is 0 Å². The van der Waals surface area contributed by atoms with Gasteiger partial charge in [0.05, 0.1) is 12.6 Å². The van der Waals surface area contributed by atoms with Gasteiger partial charge in [-0.3, -0.25) is 0 Å². The van der Waals surface area contributed by atoms with Gasteiger partial charge in [-0.1, -0.05) is 0 Å². The van der Waals surface area contributed by atoms with Crippen LogP contribution < -0.4 is 5.32 Å². The van der Waals surface area contributed by atoms with Crippen LogP contribution in [0.2, 0.25) is 0 Å². The molecule has 1 N–H and O–H groups in total. The molecule has 1 rings (SSSR count). The van der Waals surface area contributed by atoms with Gasteiger partial charge < -0.3 is 10.1 Å².